The van der Waals surface area contributed by atoms with Crippen LogP contribution in [0.4, 0.5) is 10.1 Å². The Labute approximate surface area is 250 Å². The van der Waals surface area contributed by atoms with Gasteiger partial charge >= 0.3 is 10.2 Å². The smallest absolute Gasteiger partial charge is 0.304 e. The minimum absolute atomic E-state index is 0.0396. The highest BCUT2D eigenvalue weighted by atomic mass is 79.9. The van der Waals surface area contributed by atoms with Crippen molar-refractivity contribution in [3.05, 3.63) is 100 Å². The van der Waals surface area contributed by atoms with Crippen LogP contribution in [0.1, 0.15) is 30.9 Å². The van der Waals surface area contributed by atoms with E-state index in [1.807, 2.05) is 61.5 Å². The number of benzene rings is 3. The average molecular weight is 648 g/mol. The Kier molecular flexibility index (Phi) is 11.9. The number of carbonyl (C=O) groups is 2. The lowest BCUT2D eigenvalue weighted by Gasteiger charge is -2.34. The largest absolute Gasteiger partial charge is 0.354 e. The second-order valence-electron chi connectivity index (χ2n) is 9.75. The van der Waals surface area contributed by atoms with Gasteiger partial charge in [-0.25, -0.2) is 8.70 Å². The lowest BCUT2D eigenvalue weighted by molar-refractivity contribution is -0.140. The van der Waals surface area contributed by atoms with Gasteiger partial charge in [-0.15, -0.1) is 0 Å². The van der Waals surface area contributed by atoms with Crippen LogP contribution in [0.3, 0.4) is 0 Å². The fourth-order valence-electron chi connectivity index (χ4n) is 4.20. The predicted octanol–water partition coefficient (Wildman–Crippen LogP) is 4.76. The van der Waals surface area contributed by atoms with E-state index in [1.165, 1.54) is 37.2 Å². The van der Waals surface area contributed by atoms with Crippen molar-refractivity contribution < 1.29 is 22.4 Å². The molecular formula is C30H36BrFN4O4S. The highest BCUT2D eigenvalue weighted by Crippen LogP contribution is 2.24. The van der Waals surface area contributed by atoms with Gasteiger partial charge in [0.15, 0.2) is 0 Å². The third-order valence-corrected chi connectivity index (χ3v) is 8.84. The Hall–Kier alpha value is -3.28. The van der Waals surface area contributed by atoms with Gasteiger partial charge in [-0.05, 0) is 41.8 Å². The summed E-state index contributed by atoms with van der Waals surface area (Å²) in [4.78, 5) is 29.1. The summed E-state index contributed by atoms with van der Waals surface area (Å²) in [5.41, 5.74) is 1.32. The summed E-state index contributed by atoms with van der Waals surface area (Å²) >= 11 is 3.41. The Balaban J connectivity index is 2.08. The lowest BCUT2D eigenvalue weighted by Crippen LogP contribution is -2.54. The predicted molar refractivity (Wildman–Crippen MR) is 163 cm³/mol. The first-order chi connectivity index (χ1) is 19.5. The molecule has 220 valence electrons. The standard InChI is InChI=1S/C30H36BrFN4O4S/c1-4-5-19-33-30(38)28(20-23-11-7-6-8-12-23)35(21-24-15-17-25(31)18-16-24)29(37)22-36(41(39,40)34(2)3)27-14-10-9-13-26(27)32/h6-18,28H,4-5,19-22H2,1-3H3,(H,33,38). The summed E-state index contributed by atoms with van der Waals surface area (Å²) in [5, 5.41) is 2.94. The molecule has 1 N–H and O–H groups in total. The molecule has 8 nitrogen and oxygen atoms in total. The van der Waals surface area contributed by atoms with Crippen LogP contribution < -0.4 is 9.62 Å². The van der Waals surface area contributed by atoms with Crippen molar-refractivity contribution in [3.8, 4) is 0 Å². The van der Waals surface area contributed by atoms with E-state index in [0.29, 0.717) is 6.54 Å². The van der Waals surface area contributed by atoms with E-state index in [0.717, 1.165) is 43.1 Å². The molecule has 0 bridgehead atoms. The van der Waals surface area contributed by atoms with Crippen LogP contribution in [0.5, 0.6) is 0 Å². The quantitative estimate of drug-likeness (QED) is 0.256. The number of anilines is 1. The molecule has 0 spiro atoms. The molecule has 11 heteroatoms. The Bertz CT molecular complexity index is 1410. The molecule has 3 aromatic rings. The molecule has 0 aliphatic rings. The first-order valence-electron chi connectivity index (χ1n) is 13.3. The van der Waals surface area contributed by atoms with Crippen molar-refractivity contribution in [3.63, 3.8) is 0 Å². The number of unbranched alkanes of at least 4 members (excludes halogenated alkanes) is 1. The van der Waals surface area contributed by atoms with Crippen LogP contribution in [0, 0.1) is 5.82 Å². The van der Waals surface area contributed by atoms with Crippen molar-refractivity contribution >= 4 is 43.6 Å². The minimum Gasteiger partial charge on any atom is -0.354 e. The van der Waals surface area contributed by atoms with Gasteiger partial charge in [-0.3, -0.25) is 9.59 Å². The molecule has 3 rings (SSSR count). The van der Waals surface area contributed by atoms with Crippen molar-refractivity contribution in [2.45, 2.75) is 38.8 Å². The summed E-state index contributed by atoms with van der Waals surface area (Å²) in [6.07, 6.45) is 1.86. The van der Waals surface area contributed by atoms with Crippen LogP contribution in [0.25, 0.3) is 0 Å². The number of hydrogen-bond acceptors (Lipinski definition) is 4. The van der Waals surface area contributed by atoms with E-state index >= 15 is 0 Å². The summed E-state index contributed by atoms with van der Waals surface area (Å²) in [6.45, 7) is 1.79. The maximum atomic E-state index is 14.9. The molecule has 1 atom stereocenters. The molecule has 2 amide bonds. The van der Waals surface area contributed by atoms with Crippen molar-refractivity contribution in [2.24, 2.45) is 0 Å². The highest BCUT2D eigenvalue weighted by molar-refractivity contribution is 9.10. The van der Waals surface area contributed by atoms with Crippen LogP contribution in [-0.4, -0.2) is 62.7 Å². The van der Waals surface area contributed by atoms with Gasteiger partial charge in [0.25, 0.3) is 0 Å². The fourth-order valence-corrected chi connectivity index (χ4v) is 5.53. The fraction of sp³-hybridized carbons (Fsp3) is 0.333. The van der Waals surface area contributed by atoms with Gasteiger partial charge < -0.3 is 10.2 Å². The second kappa shape index (κ2) is 15.1. The molecule has 0 fully saturated rings. The maximum Gasteiger partial charge on any atom is 0.304 e. The number of nitrogens with one attached hydrogen (secondary N) is 1. The van der Waals surface area contributed by atoms with Crippen molar-refractivity contribution in [2.75, 3.05) is 31.5 Å². The molecular weight excluding hydrogens is 611 g/mol. The second-order valence-corrected chi connectivity index (χ2v) is 12.7. The van der Waals surface area contributed by atoms with Gasteiger partial charge in [0, 0.05) is 38.1 Å². The third kappa shape index (κ3) is 8.85. The van der Waals surface area contributed by atoms with Crippen molar-refractivity contribution in [1.82, 2.24) is 14.5 Å². The summed E-state index contributed by atoms with van der Waals surface area (Å²) in [6, 6.07) is 21.1. The molecule has 1 unspecified atom stereocenters. The number of carbonyl (C=O) groups excluding carboxylic acids is 2. The zero-order valence-electron chi connectivity index (χ0n) is 23.5. The molecule has 0 saturated carbocycles. The third-order valence-electron chi connectivity index (χ3n) is 6.51. The average Bonchev–Trinajstić information content (AvgIpc) is 2.95. The zero-order chi connectivity index (χ0) is 30.0. The van der Waals surface area contributed by atoms with E-state index in [-0.39, 0.29) is 24.6 Å². The monoisotopic (exact) mass is 646 g/mol. The van der Waals surface area contributed by atoms with E-state index in [2.05, 4.69) is 21.2 Å². The molecule has 0 aliphatic heterocycles. The number of rotatable bonds is 14. The Morgan fingerprint density at radius 1 is 0.927 bits per heavy atom. The van der Waals surface area contributed by atoms with E-state index in [9.17, 15) is 22.4 Å². The normalized spacial score (nSPS) is 12.1. The molecule has 0 heterocycles. The first kappa shape index (κ1) is 32.2. The summed E-state index contributed by atoms with van der Waals surface area (Å²) < 4.78 is 44.1. The zero-order valence-corrected chi connectivity index (χ0v) is 25.9. The molecule has 41 heavy (non-hydrogen) atoms. The molecule has 0 aliphatic carbocycles. The lowest BCUT2D eigenvalue weighted by atomic mass is 10.0. The van der Waals surface area contributed by atoms with E-state index in [4.69, 9.17) is 0 Å². The Morgan fingerprint density at radius 3 is 2.17 bits per heavy atom. The van der Waals surface area contributed by atoms with Gasteiger partial charge in [-0.1, -0.05) is 83.9 Å². The van der Waals surface area contributed by atoms with Gasteiger partial charge in [0.05, 0.1) is 5.69 Å². The summed E-state index contributed by atoms with van der Waals surface area (Å²) in [5.74, 6) is -1.78. The van der Waals surface area contributed by atoms with Gasteiger partial charge in [-0.2, -0.15) is 12.7 Å². The van der Waals surface area contributed by atoms with Crippen LogP contribution >= 0.6 is 15.9 Å². The molecule has 0 radical (unpaired) electrons. The highest BCUT2D eigenvalue weighted by Gasteiger charge is 2.35. The van der Waals surface area contributed by atoms with Crippen LogP contribution in [-0.2, 0) is 32.8 Å². The van der Waals surface area contributed by atoms with E-state index < -0.39 is 34.5 Å². The number of para-hydroxylation sites is 1. The first-order valence-corrected chi connectivity index (χ1v) is 15.5. The minimum atomic E-state index is -4.27. The van der Waals surface area contributed by atoms with E-state index in [1.54, 1.807) is 0 Å². The maximum absolute atomic E-state index is 14.9. The number of nitrogens with zero attached hydrogens (tertiary/aromatic N) is 3. The number of amides is 2. The summed E-state index contributed by atoms with van der Waals surface area (Å²) in [7, 11) is -1.65. The topological polar surface area (TPSA) is 90.0 Å². The van der Waals surface area contributed by atoms with Crippen molar-refractivity contribution in [1.29, 1.82) is 0 Å². The van der Waals surface area contributed by atoms with Crippen LogP contribution in [0.15, 0.2) is 83.3 Å². The number of halogens is 2. The number of hydrogen-bond donors (Lipinski definition) is 1. The van der Waals surface area contributed by atoms with Crippen LogP contribution in [0.2, 0.25) is 0 Å². The molecule has 3 aromatic carbocycles. The molecule has 0 saturated heterocycles. The van der Waals surface area contributed by atoms with Gasteiger partial charge in [0.2, 0.25) is 11.8 Å². The SMILES string of the molecule is CCCCNC(=O)C(Cc1ccccc1)N(Cc1ccc(Br)cc1)C(=O)CN(c1ccccc1F)S(=O)(=O)N(C)C. The Morgan fingerprint density at radius 2 is 1.56 bits per heavy atom. The van der Waals surface area contributed by atoms with Gasteiger partial charge in [0.1, 0.15) is 18.4 Å². The molecule has 0 aromatic heterocycles.